The van der Waals surface area contributed by atoms with Crippen molar-refractivity contribution < 1.29 is 4.79 Å². The topological polar surface area (TPSA) is 46.3 Å². The molecule has 2 N–H and O–H groups in total. The highest BCUT2D eigenvalue weighted by molar-refractivity contribution is 5.83. The van der Waals surface area contributed by atoms with E-state index in [1.54, 1.807) is 0 Å². The molecular formula is C15H30N2O. The van der Waals surface area contributed by atoms with Gasteiger partial charge < -0.3 is 10.6 Å². The minimum Gasteiger partial charge on any atom is -0.340 e. The van der Waals surface area contributed by atoms with Crippen LogP contribution < -0.4 is 5.73 Å². The first-order valence-electron chi connectivity index (χ1n) is 7.48. The van der Waals surface area contributed by atoms with E-state index in [2.05, 4.69) is 27.7 Å². The van der Waals surface area contributed by atoms with Crippen molar-refractivity contribution in [2.75, 3.05) is 13.1 Å². The summed E-state index contributed by atoms with van der Waals surface area (Å²) in [5, 5.41) is 0. The van der Waals surface area contributed by atoms with Crippen LogP contribution in [0.3, 0.4) is 0 Å². The predicted molar refractivity (Wildman–Crippen MR) is 76.3 cm³/mol. The highest BCUT2D eigenvalue weighted by atomic mass is 16.2. The Bertz CT molecular complexity index is 268. The molecular weight excluding hydrogens is 224 g/mol. The fourth-order valence-corrected chi connectivity index (χ4v) is 2.96. The molecule has 106 valence electrons. The zero-order valence-corrected chi connectivity index (χ0v) is 12.5. The van der Waals surface area contributed by atoms with Crippen LogP contribution in [-0.2, 0) is 4.79 Å². The lowest BCUT2D eigenvalue weighted by molar-refractivity contribution is -0.146. The summed E-state index contributed by atoms with van der Waals surface area (Å²) in [5.74, 6) is 1.05. The number of carbonyl (C=O) groups is 1. The molecule has 1 aliphatic rings. The number of nitrogens with two attached hydrogens (primary N) is 1. The summed E-state index contributed by atoms with van der Waals surface area (Å²) in [6.07, 6.45) is 5.23. The van der Waals surface area contributed by atoms with Gasteiger partial charge >= 0.3 is 0 Å². The minimum absolute atomic E-state index is 0.272. The average molecular weight is 254 g/mol. The zero-order chi connectivity index (χ0) is 13.8. The van der Waals surface area contributed by atoms with Crippen LogP contribution in [0, 0.1) is 11.3 Å². The van der Waals surface area contributed by atoms with E-state index < -0.39 is 0 Å². The largest absolute Gasteiger partial charge is 0.340 e. The second-order valence-corrected chi connectivity index (χ2v) is 6.26. The Balaban J connectivity index is 2.82. The predicted octanol–water partition coefficient (Wildman–Crippen LogP) is 2.79. The van der Waals surface area contributed by atoms with Crippen molar-refractivity contribution in [3.63, 3.8) is 0 Å². The van der Waals surface area contributed by atoms with Crippen molar-refractivity contribution in [3.8, 4) is 0 Å². The Morgan fingerprint density at radius 1 is 1.39 bits per heavy atom. The first-order valence-corrected chi connectivity index (χ1v) is 7.48. The maximum absolute atomic E-state index is 12.8. The van der Waals surface area contributed by atoms with Crippen LogP contribution in [0.25, 0.3) is 0 Å². The van der Waals surface area contributed by atoms with E-state index in [-0.39, 0.29) is 11.5 Å². The molecule has 0 aromatic heterocycles. The van der Waals surface area contributed by atoms with E-state index in [1.807, 2.05) is 4.90 Å². The number of rotatable bonds is 5. The lowest BCUT2D eigenvalue weighted by Gasteiger charge is -2.42. The summed E-state index contributed by atoms with van der Waals surface area (Å²) in [5.41, 5.74) is 5.70. The second-order valence-electron chi connectivity index (χ2n) is 6.26. The number of hydrogen-bond donors (Lipinski definition) is 1. The molecule has 0 aromatic carbocycles. The number of hydrogen-bond acceptors (Lipinski definition) is 2. The third-order valence-corrected chi connectivity index (χ3v) is 4.42. The molecule has 0 aliphatic heterocycles. The van der Waals surface area contributed by atoms with Crippen molar-refractivity contribution >= 4 is 5.91 Å². The van der Waals surface area contributed by atoms with E-state index in [1.165, 1.54) is 0 Å². The molecule has 0 bridgehead atoms. The van der Waals surface area contributed by atoms with Crippen LogP contribution in [-0.4, -0.2) is 29.9 Å². The molecule has 3 heteroatoms. The minimum atomic E-state index is -0.272. The molecule has 1 amide bonds. The Morgan fingerprint density at radius 2 is 1.94 bits per heavy atom. The van der Waals surface area contributed by atoms with Gasteiger partial charge in [0, 0.05) is 19.1 Å². The van der Waals surface area contributed by atoms with Gasteiger partial charge in [-0.3, -0.25) is 4.79 Å². The molecule has 1 saturated carbocycles. The normalized spacial score (nSPS) is 28.4. The fourth-order valence-electron chi connectivity index (χ4n) is 2.96. The van der Waals surface area contributed by atoms with Crippen LogP contribution in [0.1, 0.15) is 59.8 Å². The molecule has 0 unspecified atom stereocenters. The van der Waals surface area contributed by atoms with E-state index in [0.717, 1.165) is 44.6 Å². The van der Waals surface area contributed by atoms with Crippen LogP contribution in [0.15, 0.2) is 0 Å². The van der Waals surface area contributed by atoms with Crippen molar-refractivity contribution in [3.05, 3.63) is 0 Å². The average Bonchev–Trinajstić information content (AvgIpc) is 2.36. The monoisotopic (exact) mass is 254 g/mol. The Labute approximate surface area is 112 Å². The molecule has 1 aliphatic carbocycles. The van der Waals surface area contributed by atoms with Gasteiger partial charge in [0.2, 0.25) is 5.91 Å². The van der Waals surface area contributed by atoms with Gasteiger partial charge in [0.15, 0.2) is 0 Å². The molecule has 0 aromatic rings. The van der Waals surface area contributed by atoms with Gasteiger partial charge in [0.1, 0.15) is 0 Å². The zero-order valence-electron chi connectivity index (χ0n) is 12.5. The Morgan fingerprint density at radius 3 is 2.33 bits per heavy atom. The first-order chi connectivity index (χ1) is 8.46. The van der Waals surface area contributed by atoms with E-state index in [0.29, 0.717) is 12.5 Å². The smallest absolute Gasteiger partial charge is 0.230 e. The molecule has 1 rings (SSSR count). The Hall–Kier alpha value is -0.570. The van der Waals surface area contributed by atoms with Crippen molar-refractivity contribution in [2.24, 2.45) is 17.1 Å². The molecule has 0 saturated heterocycles. The van der Waals surface area contributed by atoms with Gasteiger partial charge in [-0.25, -0.2) is 0 Å². The molecule has 0 atom stereocenters. The number of nitrogens with zero attached hydrogens (tertiary/aromatic N) is 1. The van der Waals surface area contributed by atoms with Crippen molar-refractivity contribution in [1.29, 1.82) is 0 Å². The lowest BCUT2D eigenvalue weighted by Crippen LogP contribution is -2.52. The SMILES string of the molecule is CCCN(C(=O)C1(CN)CCC(C)CC1)C(C)C. The summed E-state index contributed by atoms with van der Waals surface area (Å²) in [6, 6.07) is 0.278. The summed E-state index contributed by atoms with van der Waals surface area (Å²) in [4.78, 5) is 14.9. The summed E-state index contributed by atoms with van der Waals surface area (Å²) >= 11 is 0. The van der Waals surface area contributed by atoms with Gasteiger partial charge in [-0.1, -0.05) is 13.8 Å². The Kier molecular flexibility index (Phi) is 5.64. The lowest BCUT2D eigenvalue weighted by atomic mass is 9.70. The van der Waals surface area contributed by atoms with Gasteiger partial charge in [0.05, 0.1) is 5.41 Å². The van der Waals surface area contributed by atoms with E-state index in [9.17, 15) is 4.79 Å². The van der Waals surface area contributed by atoms with Crippen molar-refractivity contribution in [1.82, 2.24) is 4.90 Å². The fraction of sp³-hybridized carbons (Fsp3) is 0.933. The first kappa shape index (κ1) is 15.5. The van der Waals surface area contributed by atoms with Gasteiger partial charge in [0.25, 0.3) is 0 Å². The number of carbonyl (C=O) groups excluding carboxylic acids is 1. The van der Waals surface area contributed by atoms with Gasteiger partial charge in [-0.2, -0.15) is 0 Å². The molecule has 0 heterocycles. The molecule has 3 nitrogen and oxygen atoms in total. The van der Waals surface area contributed by atoms with Crippen LogP contribution in [0.4, 0.5) is 0 Å². The molecule has 0 radical (unpaired) electrons. The van der Waals surface area contributed by atoms with Crippen molar-refractivity contribution in [2.45, 2.75) is 65.8 Å². The maximum Gasteiger partial charge on any atom is 0.230 e. The van der Waals surface area contributed by atoms with Gasteiger partial charge in [-0.15, -0.1) is 0 Å². The molecule has 0 spiro atoms. The van der Waals surface area contributed by atoms with Gasteiger partial charge in [-0.05, 0) is 51.9 Å². The standard InChI is InChI=1S/C15H30N2O/c1-5-10-17(12(2)3)14(18)15(11-16)8-6-13(4)7-9-15/h12-13H,5-11,16H2,1-4H3. The van der Waals surface area contributed by atoms with Crippen LogP contribution in [0.2, 0.25) is 0 Å². The summed E-state index contributed by atoms with van der Waals surface area (Å²) in [6.45, 7) is 9.96. The molecule has 1 fully saturated rings. The van der Waals surface area contributed by atoms with Crippen LogP contribution >= 0.6 is 0 Å². The highest BCUT2D eigenvalue weighted by Crippen LogP contribution is 2.39. The van der Waals surface area contributed by atoms with Crippen LogP contribution in [0.5, 0.6) is 0 Å². The third-order valence-electron chi connectivity index (χ3n) is 4.42. The maximum atomic E-state index is 12.8. The van der Waals surface area contributed by atoms with E-state index >= 15 is 0 Å². The molecule has 18 heavy (non-hydrogen) atoms. The second kappa shape index (κ2) is 6.55. The third kappa shape index (κ3) is 3.25. The van der Waals surface area contributed by atoms with E-state index in [4.69, 9.17) is 5.73 Å². The summed E-state index contributed by atoms with van der Waals surface area (Å²) < 4.78 is 0. The number of amides is 1. The quantitative estimate of drug-likeness (QED) is 0.820. The summed E-state index contributed by atoms with van der Waals surface area (Å²) in [7, 11) is 0. The highest BCUT2D eigenvalue weighted by Gasteiger charge is 2.42.